The molecular formula is C4H9AlClO. The molecular weight excluding hydrogens is 126 g/mol. The van der Waals surface area contributed by atoms with Gasteiger partial charge in [0.2, 0.25) is 15.2 Å². The minimum atomic E-state index is 0.607. The standard InChI is InChI=1S/C2H4ClO.C2H5.Al/c1-2-4-3;1-2;/h1-2H2;1H2,2H3;. The first-order valence-electron chi connectivity index (χ1n) is 2.47. The lowest BCUT2D eigenvalue weighted by Crippen LogP contribution is -1.90. The number of rotatable bonds is 4. The summed E-state index contributed by atoms with van der Waals surface area (Å²) in [6.45, 7) is 2.91. The number of halogens is 1. The molecule has 7 heavy (non-hydrogen) atoms. The van der Waals surface area contributed by atoms with Gasteiger partial charge in [-0.2, -0.15) is 0 Å². The minimum Gasteiger partial charge on any atom is -0.281 e. The summed E-state index contributed by atoms with van der Waals surface area (Å²) in [5.41, 5.74) is 0. The molecule has 0 amide bonds. The van der Waals surface area contributed by atoms with Crippen LogP contribution in [0.2, 0.25) is 10.6 Å². The molecule has 0 rings (SSSR count). The Balaban J connectivity index is 2.45. The van der Waals surface area contributed by atoms with E-state index in [9.17, 15) is 0 Å². The third-order valence-electron chi connectivity index (χ3n) is 0.688. The van der Waals surface area contributed by atoms with Crippen molar-refractivity contribution in [1.29, 1.82) is 0 Å². The van der Waals surface area contributed by atoms with Gasteiger partial charge in [-0.15, -0.1) is 5.28 Å². The van der Waals surface area contributed by atoms with Gasteiger partial charge in [-0.25, -0.2) is 0 Å². The van der Waals surface area contributed by atoms with Crippen LogP contribution in [0, 0.1) is 0 Å². The second-order valence-electron chi connectivity index (χ2n) is 1.30. The third-order valence-corrected chi connectivity index (χ3v) is 2.06. The van der Waals surface area contributed by atoms with Crippen LogP contribution in [0.15, 0.2) is 0 Å². The molecule has 1 radical (unpaired) electrons. The van der Waals surface area contributed by atoms with Gasteiger partial charge in [0.05, 0.1) is 18.5 Å². The van der Waals surface area contributed by atoms with Crippen LogP contribution in [0.25, 0.3) is 0 Å². The van der Waals surface area contributed by atoms with Crippen molar-refractivity contribution in [2.24, 2.45) is 0 Å². The van der Waals surface area contributed by atoms with Gasteiger partial charge in [0.25, 0.3) is 0 Å². The van der Waals surface area contributed by atoms with Gasteiger partial charge < -0.3 is 0 Å². The zero-order valence-electron chi connectivity index (χ0n) is 4.48. The Labute approximate surface area is 55.9 Å². The summed E-state index contributed by atoms with van der Waals surface area (Å²) in [7, 11) is 0. The van der Waals surface area contributed by atoms with Crippen molar-refractivity contribution in [1.82, 2.24) is 0 Å². The molecule has 3 heteroatoms. The fraction of sp³-hybridized carbons (Fsp3) is 1.00. The van der Waals surface area contributed by atoms with Crippen molar-refractivity contribution in [3.63, 3.8) is 0 Å². The quantitative estimate of drug-likeness (QED) is 0.421. The Morgan fingerprint density at radius 3 is 2.86 bits per heavy atom. The van der Waals surface area contributed by atoms with Crippen LogP contribution in [0.3, 0.4) is 0 Å². The summed E-state index contributed by atoms with van der Waals surface area (Å²) in [6.07, 6.45) is 0. The highest BCUT2D eigenvalue weighted by Gasteiger charge is 1.85. The molecule has 0 aliphatic carbocycles. The van der Waals surface area contributed by atoms with Crippen LogP contribution in [0.4, 0.5) is 0 Å². The molecule has 0 N–H and O–H groups in total. The van der Waals surface area contributed by atoms with Crippen molar-refractivity contribution < 1.29 is 4.29 Å². The maximum absolute atomic E-state index is 4.95. The molecule has 0 heterocycles. The van der Waals surface area contributed by atoms with Crippen molar-refractivity contribution in [2.45, 2.75) is 17.5 Å². The molecule has 0 saturated carbocycles. The van der Waals surface area contributed by atoms with Gasteiger partial charge >= 0.3 is 0 Å². The molecule has 0 fully saturated rings. The van der Waals surface area contributed by atoms with Crippen molar-refractivity contribution in [3.05, 3.63) is 0 Å². The molecule has 0 atom stereocenters. The zero-order chi connectivity index (χ0) is 5.54. The first-order valence-corrected chi connectivity index (χ1v) is 4.41. The fourth-order valence-corrected chi connectivity index (χ4v) is 1.26. The van der Waals surface area contributed by atoms with Gasteiger partial charge in [0.1, 0.15) is 0 Å². The second kappa shape index (κ2) is 6.78. The molecule has 41 valence electrons. The SMILES string of the molecule is C[CH2][Al][CH2]COCl. The highest BCUT2D eigenvalue weighted by Crippen LogP contribution is 1.87. The largest absolute Gasteiger partial charge is 0.281 e. The van der Waals surface area contributed by atoms with Crippen LogP contribution in [-0.4, -0.2) is 21.8 Å². The lowest BCUT2D eigenvalue weighted by Gasteiger charge is -1.87. The summed E-state index contributed by atoms with van der Waals surface area (Å²) >= 11 is 5.56. The first kappa shape index (κ1) is 7.78. The van der Waals surface area contributed by atoms with E-state index in [1.807, 2.05) is 0 Å². The van der Waals surface area contributed by atoms with Gasteiger partial charge in [-0.05, 0) is 0 Å². The van der Waals surface area contributed by atoms with Gasteiger partial charge in [-0.3, -0.25) is 4.29 Å². The number of hydrogen-bond acceptors (Lipinski definition) is 1. The van der Waals surface area contributed by atoms with E-state index in [0.717, 1.165) is 6.61 Å². The molecule has 0 bridgehead atoms. The van der Waals surface area contributed by atoms with Gasteiger partial charge in [0.15, 0.2) is 0 Å². The van der Waals surface area contributed by atoms with E-state index < -0.39 is 0 Å². The van der Waals surface area contributed by atoms with Crippen molar-refractivity contribution >= 4 is 27.1 Å². The molecule has 0 aliphatic rings. The summed E-state index contributed by atoms with van der Waals surface area (Å²) < 4.78 is 4.34. The van der Waals surface area contributed by atoms with Crippen LogP contribution in [-0.2, 0) is 4.29 Å². The fourth-order valence-electron chi connectivity index (χ4n) is 0.332. The molecule has 0 aromatic heterocycles. The summed E-state index contributed by atoms with van der Waals surface area (Å²) in [5, 5.41) is 2.47. The Morgan fingerprint density at radius 2 is 2.43 bits per heavy atom. The van der Waals surface area contributed by atoms with Crippen LogP contribution in [0.5, 0.6) is 0 Å². The smallest absolute Gasteiger partial charge is 0.203 e. The Kier molecular flexibility index (Phi) is 7.54. The van der Waals surface area contributed by atoms with Crippen LogP contribution >= 0.6 is 11.9 Å². The zero-order valence-corrected chi connectivity index (χ0v) is 6.40. The minimum absolute atomic E-state index is 0.607. The predicted molar refractivity (Wildman–Crippen MR) is 32.8 cm³/mol. The van der Waals surface area contributed by atoms with Crippen LogP contribution in [0.1, 0.15) is 6.92 Å². The monoisotopic (exact) mass is 135 g/mol. The molecule has 0 aliphatic heterocycles. The maximum atomic E-state index is 4.95. The highest BCUT2D eigenvalue weighted by molar-refractivity contribution is 6.35. The lowest BCUT2D eigenvalue weighted by molar-refractivity contribution is 0.377. The normalized spacial score (nSPS) is 8.86. The molecule has 1 nitrogen and oxygen atoms in total. The maximum Gasteiger partial charge on any atom is 0.203 e. The van der Waals surface area contributed by atoms with E-state index >= 15 is 0 Å². The molecule has 0 unspecified atom stereocenters. The van der Waals surface area contributed by atoms with E-state index in [4.69, 9.17) is 11.9 Å². The topological polar surface area (TPSA) is 9.23 Å². The van der Waals surface area contributed by atoms with Crippen molar-refractivity contribution in [3.8, 4) is 0 Å². The Bertz CT molecular complexity index is 30.9. The molecule has 0 spiro atoms. The van der Waals surface area contributed by atoms with E-state index in [1.165, 1.54) is 10.6 Å². The van der Waals surface area contributed by atoms with Crippen LogP contribution < -0.4 is 0 Å². The lowest BCUT2D eigenvalue weighted by atomic mass is 10.9. The van der Waals surface area contributed by atoms with Crippen molar-refractivity contribution in [2.75, 3.05) is 6.61 Å². The van der Waals surface area contributed by atoms with Gasteiger partial charge in [-0.1, -0.05) is 12.2 Å². The molecule has 0 aromatic carbocycles. The van der Waals surface area contributed by atoms with E-state index in [0.29, 0.717) is 15.2 Å². The summed E-state index contributed by atoms with van der Waals surface area (Å²) in [6, 6.07) is 0. The predicted octanol–water partition coefficient (Wildman–Crippen LogP) is 1.72. The average molecular weight is 136 g/mol. The summed E-state index contributed by atoms with van der Waals surface area (Å²) in [5.74, 6) is 0. The van der Waals surface area contributed by atoms with E-state index in [1.54, 1.807) is 0 Å². The van der Waals surface area contributed by atoms with Gasteiger partial charge in [0, 0.05) is 0 Å². The molecule has 0 saturated heterocycles. The highest BCUT2D eigenvalue weighted by atomic mass is 35.5. The summed E-state index contributed by atoms with van der Waals surface area (Å²) in [4.78, 5) is 0. The first-order chi connectivity index (χ1) is 3.41. The average Bonchev–Trinajstić information content (AvgIpc) is 1.69. The van der Waals surface area contributed by atoms with E-state index in [-0.39, 0.29) is 0 Å². The third kappa shape index (κ3) is 6.78. The van der Waals surface area contributed by atoms with E-state index in [2.05, 4.69) is 11.2 Å². The molecule has 0 aromatic rings. The Hall–Kier alpha value is 0.782. The number of hydrogen-bond donors (Lipinski definition) is 0. The Morgan fingerprint density at radius 1 is 1.71 bits per heavy atom. The second-order valence-corrected chi connectivity index (χ2v) is 3.49.